The van der Waals surface area contributed by atoms with Crippen LogP contribution in [0.2, 0.25) is 5.02 Å². The zero-order valence-corrected chi connectivity index (χ0v) is 7.39. The van der Waals surface area contributed by atoms with Crippen molar-refractivity contribution in [3.63, 3.8) is 0 Å². The molecule has 7 nitrogen and oxygen atoms in total. The summed E-state index contributed by atoms with van der Waals surface area (Å²) >= 11 is 5.48. The Balaban J connectivity index is 3.53. The molecule has 0 radical (unpaired) electrons. The van der Waals surface area contributed by atoms with Crippen LogP contribution >= 0.6 is 11.6 Å². The van der Waals surface area contributed by atoms with Crippen molar-refractivity contribution >= 4 is 28.7 Å². The van der Waals surface area contributed by atoms with Crippen molar-refractivity contribution < 1.29 is 9.85 Å². The molecule has 0 saturated carbocycles. The molecule has 0 saturated heterocycles. The zero-order chi connectivity index (χ0) is 10.9. The van der Waals surface area contributed by atoms with Crippen molar-refractivity contribution in [1.82, 2.24) is 0 Å². The third-order valence-electron chi connectivity index (χ3n) is 1.52. The minimum absolute atomic E-state index is 0.0812. The quantitative estimate of drug-likeness (QED) is 0.460. The zero-order valence-electron chi connectivity index (χ0n) is 6.64. The molecule has 74 valence electrons. The van der Waals surface area contributed by atoms with E-state index in [1.807, 2.05) is 0 Å². The topological polar surface area (TPSA) is 112 Å². The van der Waals surface area contributed by atoms with Gasteiger partial charge in [0, 0.05) is 6.07 Å². The van der Waals surface area contributed by atoms with Gasteiger partial charge >= 0.3 is 11.4 Å². The molecule has 0 aliphatic heterocycles. The molecule has 0 unspecified atom stereocenters. The minimum atomic E-state index is -0.931. The number of hydrogen-bond donors (Lipinski definition) is 1. The number of nitro groups is 2. The molecule has 0 fully saturated rings. The molecule has 0 aromatic heterocycles. The van der Waals surface area contributed by atoms with Gasteiger partial charge in [-0.25, -0.2) is 0 Å². The minimum Gasteiger partial charge on any atom is -0.392 e. The fraction of sp³-hybridized carbons (Fsp3) is 0. The van der Waals surface area contributed by atoms with Gasteiger partial charge in [-0.15, -0.1) is 0 Å². The van der Waals surface area contributed by atoms with E-state index in [2.05, 4.69) is 0 Å². The van der Waals surface area contributed by atoms with Crippen LogP contribution in [-0.4, -0.2) is 9.85 Å². The molecule has 0 bridgehead atoms. The van der Waals surface area contributed by atoms with Gasteiger partial charge in [0.2, 0.25) is 0 Å². The summed E-state index contributed by atoms with van der Waals surface area (Å²) in [7, 11) is 0. The lowest BCUT2D eigenvalue weighted by atomic mass is 10.2. The van der Waals surface area contributed by atoms with Crippen LogP contribution in [0.1, 0.15) is 0 Å². The molecule has 0 spiro atoms. The van der Waals surface area contributed by atoms with Gasteiger partial charge in [0.25, 0.3) is 0 Å². The van der Waals surface area contributed by atoms with E-state index in [-0.39, 0.29) is 5.02 Å². The van der Waals surface area contributed by atoms with Crippen LogP contribution in [0.3, 0.4) is 0 Å². The second-order valence-electron chi connectivity index (χ2n) is 2.34. The summed E-state index contributed by atoms with van der Waals surface area (Å²) in [5.41, 5.74) is 3.40. The number of nitrogen functional groups attached to an aromatic ring is 1. The first-order valence-electron chi connectivity index (χ1n) is 3.32. The Labute approximate surface area is 82.4 Å². The van der Waals surface area contributed by atoms with Crippen LogP contribution in [-0.2, 0) is 0 Å². The van der Waals surface area contributed by atoms with Crippen molar-refractivity contribution in [3.05, 3.63) is 37.4 Å². The molecule has 1 rings (SSSR count). The van der Waals surface area contributed by atoms with E-state index in [1.54, 1.807) is 0 Å². The van der Waals surface area contributed by atoms with Crippen LogP contribution in [0.4, 0.5) is 17.1 Å². The predicted molar refractivity (Wildman–Crippen MR) is 49.2 cm³/mol. The first-order valence-corrected chi connectivity index (χ1v) is 3.69. The monoisotopic (exact) mass is 217 g/mol. The summed E-state index contributed by atoms with van der Waals surface area (Å²) in [6.07, 6.45) is 0. The Morgan fingerprint density at radius 1 is 1.21 bits per heavy atom. The van der Waals surface area contributed by atoms with Gasteiger partial charge in [-0.05, 0) is 6.07 Å². The van der Waals surface area contributed by atoms with Crippen molar-refractivity contribution in [1.29, 1.82) is 0 Å². The number of nitrogens with two attached hydrogens (primary N) is 1. The van der Waals surface area contributed by atoms with E-state index in [1.165, 1.54) is 0 Å². The van der Waals surface area contributed by atoms with Gasteiger partial charge < -0.3 is 5.73 Å². The third kappa shape index (κ3) is 1.57. The number of halogens is 1. The molecule has 1 aromatic rings. The highest BCUT2D eigenvalue weighted by molar-refractivity contribution is 6.33. The third-order valence-corrected chi connectivity index (χ3v) is 1.85. The molecule has 0 amide bonds. The fourth-order valence-corrected chi connectivity index (χ4v) is 1.06. The summed E-state index contributed by atoms with van der Waals surface area (Å²) in [5, 5.41) is 20.8. The van der Waals surface area contributed by atoms with Crippen LogP contribution in [0, 0.1) is 20.2 Å². The maximum Gasteiger partial charge on any atom is 0.370 e. The van der Waals surface area contributed by atoms with Gasteiger partial charge in [0.05, 0.1) is 14.9 Å². The maximum absolute atomic E-state index is 10.5. The number of anilines is 1. The number of nitrogens with zero attached hydrogens (tertiary/aromatic N) is 2. The molecule has 1 aromatic carbocycles. The Hall–Kier alpha value is -1.89. The lowest BCUT2D eigenvalue weighted by Crippen LogP contribution is -2.01. The number of nitro benzene ring substituents is 2. The predicted octanol–water partition coefficient (Wildman–Crippen LogP) is 1.74. The molecule has 14 heavy (non-hydrogen) atoms. The molecular weight excluding hydrogens is 214 g/mol. The van der Waals surface area contributed by atoms with Gasteiger partial charge in [0.15, 0.2) is 0 Å². The molecule has 0 atom stereocenters. The Kier molecular flexibility index (Phi) is 2.52. The van der Waals surface area contributed by atoms with Crippen molar-refractivity contribution in [3.8, 4) is 0 Å². The molecule has 0 aliphatic rings. The van der Waals surface area contributed by atoms with Gasteiger partial charge in [-0.2, -0.15) is 0 Å². The average Bonchev–Trinajstić information content (AvgIpc) is 2.08. The number of benzene rings is 1. The van der Waals surface area contributed by atoms with Crippen LogP contribution < -0.4 is 5.73 Å². The van der Waals surface area contributed by atoms with Crippen LogP contribution in [0.15, 0.2) is 12.1 Å². The van der Waals surface area contributed by atoms with Gasteiger partial charge in [-0.3, -0.25) is 20.2 Å². The van der Waals surface area contributed by atoms with E-state index >= 15 is 0 Å². The fourth-order valence-electron chi connectivity index (χ4n) is 0.911. The molecule has 0 aliphatic carbocycles. The lowest BCUT2D eigenvalue weighted by molar-refractivity contribution is -0.421. The maximum atomic E-state index is 10.5. The number of rotatable bonds is 2. The van der Waals surface area contributed by atoms with Crippen molar-refractivity contribution in [2.24, 2.45) is 0 Å². The Morgan fingerprint density at radius 2 is 1.79 bits per heavy atom. The van der Waals surface area contributed by atoms with E-state index in [9.17, 15) is 20.2 Å². The van der Waals surface area contributed by atoms with E-state index in [4.69, 9.17) is 17.3 Å². The average molecular weight is 218 g/mol. The standard InChI is InChI=1S/C6H4ClN3O4/c7-3-1-2-4(9(11)12)6(5(3)8)10(13)14/h1-2H,8H2. The van der Waals surface area contributed by atoms with Crippen LogP contribution in [0.25, 0.3) is 0 Å². The van der Waals surface area contributed by atoms with Crippen molar-refractivity contribution in [2.75, 3.05) is 5.73 Å². The van der Waals surface area contributed by atoms with Gasteiger partial charge in [-0.1, -0.05) is 11.6 Å². The summed E-state index contributed by atoms with van der Waals surface area (Å²) in [6, 6.07) is 2.08. The first-order chi connectivity index (χ1) is 6.45. The second-order valence-corrected chi connectivity index (χ2v) is 2.75. The summed E-state index contributed by atoms with van der Waals surface area (Å²) in [4.78, 5) is 19.0. The van der Waals surface area contributed by atoms with E-state index < -0.39 is 26.9 Å². The highest BCUT2D eigenvalue weighted by Gasteiger charge is 2.28. The number of hydrogen-bond acceptors (Lipinski definition) is 5. The summed E-state index contributed by atoms with van der Waals surface area (Å²) in [6.45, 7) is 0. The molecule has 0 heterocycles. The SMILES string of the molecule is Nc1c(Cl)ccc([N+](=O)[O-])c1[N+](=O)[O-]. The normalized spacial score (nSPS) is 9.79. The van der Waals surface area contributed by atoms with E-state index in [0.29, 0.717) is 0 Å². The second kappa shape index (κ2) is 3.46. The largest absolute Gasteiger partial charge is 0.392 e. The first kappa shape index (κ1) is 10.2. The van der Waals surface area contributed by atoms with Gasteiger partial charge in [0.1, 0.15) is 5.69 Å². The van der Waals surface area contributed by atoms with Crippen LogP contribution in [0.5, 0.6) is 0 Å². The Bertz CT molecular complexity index is 420. The highest BCUT2D eigenvalue weighted by atomic mass is 35.5. The summed E-state index contributed by atoms with van der Waals surface area (Å²) in [5.74, 6) is 0. The van der Waals surface area contributed by atoms with E-state index in [0.717, 1.165) is 12.1 Å². The smallest absolute Gasteiger partial charge is 0.370 e. The molecule has 8 heteroatoms. The Morgan fingerprint density at radius 3 is 2.21 bits per heavy atom. The molecule has 2 N–H and O–H groups in total. The molecular formula is C6H4ClN3O4. The van der Waals surface area contributed by atoms with Crippen molar-refractivity contribution in [2.45, 2.75) is 0 Å². The summed E-state index contributed by atoms with van der Waals surface area (Å²) < 4.78 is 0. The highest BCUT2D eigenvalue weighted by Crippen LogP contribution is 2.37. The lowest BCUT2D eigenvalue weighted by Gasteiger charge is -1.99.